The van der Waals surface area contributed by atoms with Crippen LogP contribution in [0.25, 0.3) is 0 Å². The standard InChI is InChI=1S/C10H16N4O3/c1-3-14(5-4-9(15)16)10(17)12-8-6-11-13(2)7-8/h6-7H,3-5H2,1-2H3,(H,12,17)(H,15,16). The number of aromatic nitrogens is 2. The summed E-state index contributed by atoms with van der Waals surface area (Å²) in [4.78, 5) is 23.6. The number of hydrogen-bond acceptors (Lipinski definition) is 3. The largest absolute Gasteiger partial charge is 0.481 e. The van der Waals surface area contributed by atoms with Gasteiger partial charge in [0.2, 0.25) is 0 Å². The van der Waals surface area contributed by atoms with E-state index in [0.29, 0.717) is 12.2 Å². The van der Waals surface area contributed by atoms with E-state index in [1.807, 2.05) is 0 Å². The molecule has 0 saturated heterocycles. The predicted octanol–water partition coefficient (Wildman–Crippen LogP) is 0.749. The van der Waals surface area contributed by atoms with Crippen LogP contribution in [0.5, 0.6) is 0 Å². The highest BCUT2D eigenvalue weighted by atomic mass is 16.4. The molecule has 0 radical (unpaired) electrons. The van der Waals surface area contributed by atoms with Crippen LogP contribution >= 0.6 is 0 Å². The Kier molecular flexibility index (Phi) is 4.50. The van der Waals surface area contributed by atoms with Crippen molar-refractivity contribution in [1.29, 1.82) is 0 Å². The van der Waals surface area contributed by atoms with Crippen molar-refractivity contribution >= 4 is 17.7 Å². The quantitative estimate of drug-likeness (QED) is 0.795. The van der Waals surface area contributed by atoms with E-state index in [0.717, 1.165) is 0 Å². The van der Waals surface area contributed by atoms with Gasteiger partial charge in [-0.15, -0.1) is 0 Å². The number of aliphatic carboxylic acids is 1. The lowest BCUT2D eigenvalue weighted by molar-refractivity contribution is -0.137. The Bertz CT molecular complexity index is 402. The highest BCUT2D eigenvalue weighted by molar-refractivity contribution is 5.89. The minimum absolute atomic E-state index is 0.0612. The average Bonchev–Trinajstić information content (AvgIpc) is 2.64. The summed E-state index contributed by atoms with van der Waals surface area (Å²) in [6.07, 6.45) is 3.14. The van der Waals surface area contributed by atoms with Crippen molar-refractivity contribution in [2.75, 3.05) is 18.4 Å². The molecule has 1 aromatic heterocycles. The molecule has 0 fully saturated rings. The van der Waals surface area contributed by atoms with Crippen molar-refractivity contribution in [2.24, 2.45) is 7.05 Å². The minimum Gasteiger partial charge on any atom is -0.481 e. The van der Waals surface area contributed by atoms with Crippen molar-refractivity contribution in [3.8, 4) is 0 Å². The Hall–Kier alpha value is -2.05. The smallest absolute Gasteiger partial charge is 0.321 e. The number of anilines is 1. The number of hydrogen-bond donors (Lipinski definition) is 2. The molecular weight excluding hydrogens is 224 g/mol. The number of carbonyl (C=O) groups excluding carboxylic acids is 1. The van der Waals surface area contributed by atoms with Crippen molar-refractivity contribution in [3.05, 3.63) is 12.4 Å². The molecule has 0 unspecified atom stereocenters. The van der Waals surface area contributed by atoms with Gasteiger partial charge in [-0.25, -0.2) is 4.79 Å². The summed E-state index contributed by atoms with van der Waals surface area (Å²) < 4.78 is 1.57. The SMILES string of the molecule is CCN(CCC(=O)O)C(=O)Nc1cnn(C)c1. The van der Waals surface area contributed by atoms with Gasteiger partial charge in [-0.2, -0.15) is 5.10 Å². The first-order valence-electron chi connectivity index (χ1n) is 5.29. The monoisotopic (exact) mass is 240 g/mol. The molecule has 0 atom stereocenters. The van der Waals surface area contributed by atoms with Crippen molar-refractivity contribution < 1.29 is 14.7 Å². The molecule has 0 spiro atoms. The summed E-state index contributed by atoms with van der Waals surface area (Å²) in [5.41, 5.74) is 0.589. The summed E-state index contributed by atoms with van der Waals surface area (Å²) in [5.74, 6) is -0.919. The van der Waals surface area contributed by atoms with Gasteiger partial charge >= 0.3 is 12.0 Å². The normalized spacial score (nSPS) is 10.0. The van der Waals surface area contributed by atoms with Crippen LogP contribution in [0.1, 0.15) is 13.3 Å². The van der Waals surface area contributed by atoms with Gasteiger partial charge < -0.3 is 15.3 Å². The van der Waals surface area contributed by atoms with E-state index in [-0.39, 0.29) is 19.0 Å². The number of nitrogens with zero attached hydrogens (tertiary/aromatic N) is 3. The number of nitrogens with one attached hydrogen (secondary N) is 1. The molecule has 0 aliphatic carbocycles. The van der Waals surface area contributed by atoms with Gasteiger partial charge in [-0.05, 0) is 6.92 Å². The van der Waals surface area contributed by atoms with Crippen LogP contribution in [-0.4, -0.2) is 44.9 Å². The number of rotatable bonds is 5. The van der Waals surface area contributed by atoms with Crippen molar-refractivity contribution in [1.82, 2.24) is 14.7 Å². The van der Waals surface area contributed by atoms with E-state index < -0.39 is 5.97 Å². The first kappa shape index (κ1) is 13.0. The minimum atomic E-state index is -0.919. The van der Waals surface area contributed by atoms with Gasteiger partial charge in [0, 0.05) is 26.3 Å². The van der Waals surface area contributed by atoms with Gasteiger partial charge in [0.25, 0.3) is 0 Å². The highest BCUT2D eigenvalue weighted by Crippen LogP contribution is 2.05. The van der Waals surface area contributed by atoms with Crippen molar-refractivity contribution in [3.63, 3.8) is 0 Å². The zero-order valence-corrected chi connectivity index (χ0v) is 9.88. The van der Waals surface area contributed by atoms with Gasteiger partial charge in [0.05, 0.1) is 18.3 Å². The van der Waals surface area contributed by atoms with Crippen LogP contribution in [0.15, 0.2) is 12.4 Å². The maximum atomic E-state index is 11.8. The average molecular weight is 240 g/mol. The summed E-state index contributed by atoms with van der Waals surface area (Å²) >= 11 is 0. The Morgan fingerprint density at radius 1 is 1.59 bits per heavy atom. The Balaban J connectivity index is 2.51. The summed E-state index contributed by atoms with van der Waals surface area (Å²) in [5, 5.41) is 15.1. The maximum absolute atomic E-state index is 11.8. The second kappa shape index (κ2) is 5.88. The topological polar surface area (TPSA) is 87.5 Å². The molecule has 1 heterocycles. The number of aryl methyl sites for hydroxylation is 1. The Morgan fingerprint density at radius 2 is 2.29 bits per heavy atom. The lowest BCUT2D eigenvalue weighted by Gasteiger charge is -2.19. The zero-order chi connectivity index (χ0) is 12.8. The third-order valence-corrected chi connectivity index (χ3v) is 2.22. The molecule has 7 heteroatoms. The molecule has 94 valence electrons. The molecule has 0 aromatic carbocycles. The summed E-state index contributed by atoms with van der Waals surface area (Å²) in [6.45, 7) is 2.45. The zero-order valence-electron chi connectivity index (χ0n) is 9.88. The first-order chi connectivity index (χ1) is 8.02. The predicted molar refractivity (Wildman–Crippen MR) is 61.7 cm³/mol. The van der Waals surface area contributed by atoms with E-state index in [2.05, 4.69) is 10.4 Å². The maximum Gasteiger partial charge on any atom is 0.321 e. The molecule has 17 heavy (non-hydrogen) atoms. The molecule has 2 N–H and O–H groups in total. The van der Waals surface area contributed by atoms with Crippen LogP contribution in [0.4, 0.5) is 10.5 Å². The molecule has 7 nitrogen and oxygen atoms in total. The lowest BCUT2D eigenvalue weighted by atomic mass is 10.4. The Labute approximate surface area is 99.0 Å². The fourth-order valence-corrected chi connectivity index (χ4v) is 1.32. The van der Waals surface area contributed by atoms with E-state index in [4.69, 9.17) is 5.11 Å². The number of carboxylic acids is 1. The van der Waals surface area contributed by atoms with Crippen LogP contribution in [0.3, 0.4) is 0 Å². The lowest BCUT2D eigenvalue weighted by Crippen LogP contribution is -2.36. The fraction of sp³-hybridized carbons (Fsp3) is 0.500. The van der Waals surface area contributed by atoms with Gasteiger partial charge in [-0.3, -0.25) is 9.48 Å². The van der Waals surface area contributed by atoms with Gasteiger partial charge in [-0.1, -0.05) is 0 Å². The van der Waals surface area contributed by atoms with E-state index in [1.165, 1.54) is 11.1 Å². The second-order valence-electron chi connectivity index (χ2n) is 3.56. The first-order valence-corrected chi connectivity index (χ1v) is 5.29. The number of carbonyl (C=O) groups is 2. The van der Waals surface area contributed by atoms with Gasteiger partial charge in [0.1, 0.15) is 0 Å². The fourth-order valence-electron chi connectivity index (χ4n) is 1.32. The third-order valence-electron chi connectivity index (χ3n) is 2.22. The highest BCUT2D eigenvalue weighted by Gasteiger charge is 2.13. The van der Waals surface area contributed by atoms with Crippen LogP contribution in [0.2, 0.25) is 0 Å². The summed E-state index contributed by atoms with van der Waals surface area (Å²) in [7, 11) is 1.75. The van der Waals surface area contributed by atoms with Crippen LogP contribution in [-0.2, 0) is 11.8 Å². The number of carboxylic acid groups (broad SMARTS) is 1. The molecule has 2 amide bonds. The van der Waals surface area contributed by atoms with Crippen LogP contribution < -0.4 is 5.32 Å². The molecule has 1 aromatic rings. The molecule has 0 saturated carbocycles. The Morgan fingerprint density at radius 3 is 2.76 bits per heavy atom. The molecule has 1 rings (SSSR count). The number of amides is 2. The van der Waals surface area contributed by atoms with Crippen LogP contribution in [0, 0.1) is 0 Å². The second-order valence-corrected chi connectivity index (χ2v) is 3.56. The third kappa shape index (κ3) is 4.13. The van der Waals surface area contributed by atoms with Crippen molar-refractivity contribution in [2.45, 2.75) is 13.3 Å². The van der Waals surface area contributed by atoms with E-state index in [1.54, 1.807) is 24.9 Å². The van der Waals surface area contributed by atoms with Gasteiger partial charge in [0.15, 0.2) is 0 Å². The molecule has 0 aliphatic heterocycles. The summed E-state index contributed by atoms with van der Waals surface area (Å²) in [6, 6.07) is -0.318. The molecule has 0 bridgehead atoms. The molecular formula is C10H16N4O3. The van der Waals surface area contributed by atoms with E-state index >= 15 is 0 Å². The molecule has 0 aliphatic rings. The number of urea groups is 1. The van der Waals surface area contributed by atoms with E-state index in [9.17, 15) is 9.59 Å².